The van der Waals surface area contributed by atoms with E-state index in [-0.39, 0.29) is 5.91 Å². The van der Waals surface area contributed by atoms with Gasteiger partial charge >= 0.3 is 0 Å². The van der Waals surface area contributed by atoms with Crippen molar-refractivity contribution in [2.75, 3.05) is 18.4 Å². The number of rotatable bonds is 4. The Morgan fingerprint density at radius 3 is 3.00 bits per heavy atom. The summed E-state index contributed by atoms with van der Waals surface area (Å²) in [7, 11) is 0. The molecule has 1 atom stereocenters. The highest BCUT2D eigenvalue weighted by Crippen LogP contribution is 2.29. The molecule has 1 amide bonds. The third-order valence-corrected chi connectivity index (χ3v) is 5.05. The van der Waals surface area contributed by atoms with E-state index < -0.39 is 5.41 Å². The number of aromatic amines is 1. The van der Waals surface area contributed by atoms with Crippen molar-refractivity contribution in [3.05, 3.63) is 54.0 Å². The van der Waals surface area contributed by atoms with Crippen molar-refractivity contribution in [3.8, 4) is 6.07 Å². The topological polar surface area (TPSA) is 97.7 Å². The first kappa shape index (κ1) is 17.0. The molecule has 0 spiro atoms. The zero-order chi connectivity index (χ0) is 18.9. The monoisotopic (exact) mass is 360 g/mol. The molecule has 27 heavy (non-hydrogen) atoms. The third kappa shape index (κ3) is 3.34. The maximum absolute atomic E-state index is 12.6. The first-order valence-electron chi connectivity index (χ1n) is 8.89. The highest BCUT2D eigenvalue weighted by molar-refractivity contribution is 5.94. The molecule has 7 nitrogen and oxygen atoms in total. The molecule has 1 aliphatic heterocycles. The first-order valence-corrected chi connectivity index (χ1v) is 8.89. The molecular formula is C20H20N6O. The fraction of sp³-hybridized carbons (Fsp3) is 0.300. The van der Waals surface area contributed by atoms with Gasteiger partial charge in [-0.05, 0) is 43.2 Å². The molecule has 1 fully saturated rings. The molecule has 0 bridgehead atoms. The average Bonchev–Trinajstić information content (AvgIpc) is 3.34. The van der Waals surface area contributed by atoms with Gasteiger partial charge in [-0.1, -0.05) is 0 Å². The highest BCUT2D eigenvalue weighted by Gasteiger charge is 2.36. The van der Waals surface area contributed by atoms with Gasteiger partial charge in [0, 0.05) is 43.6 Å². The molecule has 136 valence electrons. The molecule has 1 aliphatic rings. The molecule has 4 rings (SSSR count). The van der Waals surface area contributed by atoms with E-state index in [2.05, 4.69) is 26.3 Å². The van der Waals surface area contributed by atoms with Crippen LogP contribution in [-0.4, -0.2) is 38.8 Å². The number of anilines is 1. The summed E-state index contributed by atoms with van der Waals surface area (Å²) < 4.78 is 0. The number of likely N-dealkylation sites (tertiary alicyclic amines) is 1. The number of hydrogen-bond acceptors (Lipinski definition) is 5. The zero-order valence-corrected chi connectivity index (χ0v) is 15.1. The maximum Gasteiger partial charge on any atom is 0.255 e. The number of carbonyl (C=O) groups is 1. The van der Waals surface area contributed by atoms with Gasteiger partial charge in [0.2, 0.25) is 0 Å². The van der Waals surface area contributed by atoms with E-state index >= 15 is 0 Å². The van der Waals surface area contributed by atoms with Crippen LogP contribution in [0.2, 0.25) is 0 Å². The molecule has 0 radical (unpaired) electrons. The van der Waals surface area contributed by atoms with Gasteiger partial charge in [0.05, 0.1) is 17.0 Å². The van der Waals surface area contributed by atoms with E-state index in [1.165, 1.54) is 0 Å². The number of aromatic nitrogens is 3. The van der Waals surface area contributed by atoms with Crippen molar-refractivity contribution in [2.24, 2.45) is 5.41 Å². The Morgan fingerprint density at radius 2 is 2.26 bits per heavy atom. The highest BCUT2D eigenvalue weighted by atomic mass is 16.2. The van der Waals surface area contributed by atoms with Gasteiger partial charge < -0.3 is 15.2 Å². The van der Waals surface area contributed by atoms with E-state index in [1.807, 2.05) is 31.3 Å². The Bertz CT molecular complexity index is 1020. The summed E-state index contributed by atoms with van der Waals surface area (Å²) in [5.41, 5.74) is 2.08. The van der Waals surface area contributed by atoms with Crippen LogP contribution < -0.4 is 5.32 Å². The van der Waals surface area contributed by atoms with Gasteiger partial charge in [-0.15, -0.1) is 0 Å². The predicted molar refractivity (Wildman–Crippen MR) is 102 cm³/mol. The lowest BCUT2D eigenvalue weighted by Gasteiger charge is -2.18. The second-order valence-corrected chi connectivity index (χ2v) is 7.14. The Morgan fingerprint density at radius 1 is 1.37 bits per heavy atom. The standard InChI is InChI=1S/C20H20N6O/c1-20(12-21)6-9-26(13-20)19(27)15-2-3-17(25-11-15)24-10-14-4-7-22-18-16(14)5-8-23-18/h2-5,7-8,11H,6,9-10,13H2,1H3,(H,22,23)(H,24,25). The van der Waals surface area contributed by atoms with Crippen LogP contribution in [0.1, 0.15) is 29.3 Å². The van der Waals surface area contributed by atoms with Gasteiger partial charge in [-0.2, -0.15) is 5.26 Å². The van der Waals surface area contributed by atoms with Crippen LogP contribution in [0.4, 0.5) is 5.82 Å². The molecule has 0 saturated carbocycles. The number of H-pyrrole nitrogens is 1. The molecular weight excluding hydrogens is 340 g/mol. The SMILES string of the molecule is CC1(C#N)CCN(C(=O)c2ccc(NCc3ccnc4[nH]ccc34)nc2)C1. The number of nitriles is 1. The van der Waals surface area contributed by atoms with E-state index in [4.69, 9.17) is 0 Å². The normalized spacial score (nSPS) is 19.2. The molecule has 1 saturated heterocycles. The van der Waals surface area contributed by atoms with E-state index in [1.54, 1.807) is 23.4 Å². The summed E-state index contributed by atoms with van der Waals surface area (Å²) in [5, 5.41) is 13.6. The third-order valence-electron chi connectivity index (χ3n) is 5.05. The quantitative estimate of drug-likeness (QED) is 0.745. The van der Waals surface area contributed by atoms with Crippen LogP contribution in [0.15, 0.2) is 42.9 Å². The lowest BCUT2D eigenvalue weighted by Crippen LogP contribution is -2.30. The maximum atomic E-state index is 12.6. The van der Waals surface area contributed by atoms with Crippen molar-refractivity contribution < 1.29 is 4.79 Å². The Labute approximate surface area is 157 Å². The Balaban J connectivity index is 1.41. The summed E-state index contributed by atoms with van der Waals surface area (Å²) in [6.07, 6.45) is 5.94. The lowest BCUT2D eigenvalue weighted by molar-refractivity contribution is 0.0782. The summed E-state index contributed by atoms with van der Waals surface area (Å²) >= 11 is 0. The lowest BCUT2D eigenvalue weighted by atomic mass is 9.92. The second kappa shape index (κ2) is 6.72. The number of pyridine rings is 2. The smallest absolute Gasteiger partial charge is 0.255 e. The van der Waals surface area contributed by atoms with E-state index in [0.717, 1.165) is 16.6 Å². The number of hydrogen-bond donors (Lipinski definition) is 2. The van der Waals surface area contributed by atoms with Gasteiger partial charge in [0.15, 0.2) is 0 Å². The van der Waals surface area contributed by atoms with Gasteiger partial charge in [0.25, 0.3) is 5.91 Å². The van der Waals surface area contributed by atoms with Crippen molar-refractivity contribution in [1.29, 1.82) is 5.26 Å². The Hall–Kier alpha value is -3.40. The van der Waals surface area contributed by atoms with Crippen molar-refractivity contribution in [2.45, 2.75) is 19.9 Å². The fourth-order valence-electron chi connectivity index (χ4n) is 3.39. The molecule has 0 aliphatic carbocycles. The number of fused-ring (bicyclic) bond motifs is 1. The molecule has 0 aromatic carbocycles. The minimum atomic E-state index is -0.446. The van der Waals surface area contributed by atoms with Gasteiger partial charge in [0.1, 0.15) is 11.5 Å². The van der Waals surface area contributed by atoms with E-state index in [0.29, 0.717) is 37.4 Å². The van der Waals surface area contributed by atoms with Crippen LogP contribution in [-0.2, 0) is 6.54 Å². The molecule has 7 heteroatoms. The summed E-state index contributed by atoms with van der Waals surface area (Å²) in [6, 6.07) is 9.86. The number of nitrogens with one attached hydrogen (secondary N) is 2. The molecule has 1 unspecified atom stereocenters. The Kier molecular flexibility index (Phi) is 4.24. The minimum Gasteiger partial charge on any atom is -0.366 e. The van der Waals surface area contributed by atoms with Crippen molar-refractivity contribution in [1.82, 2.24) is 19.9 Å². The number of amides is 1. The first-order chi connectivity index (χ1) is 13.1. The van der Waals surface area contributed by atoms with Crippen LogP contribution in [0.25, 0.3) is 11.0 Å². The summed E-state index contributed by atoms with van der Waals surface area (Å²) in [6.45, 7) is 3.59. The van der Waals surface area contributed by atoms with Crippen molar-refractivity contribution >= 4 is 22.8 Å². The van der Waals surface area contributed by atoms with Crippen LogP contribution in [0.3, 0.4) is 0 Å². The van der Waals surface area contributed by atoms with Gasteiger partial charge in [-0.25, -0.2) is 9.97 Å². The van der Waals surface area contributed by atoms with Crippen molar-refractivity contribution in [3.63, 3.8) is 0 Å². The average molecular weight is 360 g/mol. The number of nitrogens with zero attached hydrogens (tertiary/aromatic N) is 4. The minimum absolute atomic E-state index is 0.0730. The largest absolute Gasteiger partial charge is 0.366 e. The predicted octanol–water partition coefficient (Wildman–Crippen LogP) is 2.95. The van der Waals surface area contributed by atoms with Crippen LogP contribution in [0.5, 0.6) is 0 Å². The zero-order valence-electron chi connectivity index (χ0n) is 15.1. The van der Waals surface area contributed by atoms with Crippen LogP contribution >= 0.6 is 0 Å². The number of carbonyl (C=O) groups excluding carboxylic acids is 1. The van der Waals surface area contributed by atoms with Crippen LogP contribution in [0, 0.1) is 16.7 Å². The summed E-state index contributed by atoms with van der Waals surface area (Å²) in [5.74, 6) is 0.631. The fourth-order valence-corrected chi connectivity index (χ4v) is 3.39. The second-order valence-electron chi connectivity index (χ2n) is 7.14. The van der Waals surface area contributed by atoms with E-state index in [9.17, 15) is 10.1 Å². The molecule has 2 N–H and O–H groups in total. The molecule has 3 aromatic heterocycles. The molecule has 4 heterocycles. The van der Waals surface area contributed by atoms with Gasteiger partial charge in [-0.3, -0.25) is 4.79 Å². The summed E-state index contributed by atoms with van der Waals surface area (Å²) in [4.78, 5) is 26.1. The molecule has 3 aromatic rings.